The van der Waals surface area contributed by atoms with Crippen LogP contribution in [0, 0.1) is 5.82 Å². The van der Waals surface area contributed by atoms with Gasteiger partial charge in [-0.2, -0.15) is 0 Å². The molecule has 9 heteroatoms. The van der Waals surface area contributed by atoms with E-state index in [4.69, 9.17) is 9.47 Å². The Hall–Kier alpha value is -2.23. The molecule has 1 aliphatic heterocycles. The van der Waals surface area contributed by atoms with Crippen molar-refractivity contribution >= 4 is 11.9 Å². The molecule has 1 amide bonds. The number of guanidine groups is 1. The van der Waals surface area contributed by atoms with Gasteiger partial charge < -0.3 is 25.4 Å². The second-order valence-electron chi connectivity index (χ2n) is 6.37. The number of aliphatic imine (C=N–C) groups is 1. The van der Waals surface area contributed by atoms with E-state index in [2.05, 4.69) is 25.8 Å². The normalized spacial score (nSPS) is 16.5. The molecule has 1 aliphatic rings. The maximum absolute atomic E-state index is 13.3. The first-order valence-corrected chi connectivity index (χ1v) is 9.41. The molecule has 0 bridgehead atoms. The minimum atomic E-state index is -0.255. The summed E-state index contributed by atoms with van der Waals surface area (Å²) in [7, 11) is 3.24. The fourth-order valence-electron chi connectivity index (χ4n) is 2.96. The van der Waals surface area contributed by atoms with Gasteiger partial charge in [-0.15, -0.1) is 0 Å². The minimum Gasteiger partial charge on any atom is -0.383 e. The molecule has 8 nitrogen and oxygen atoms in total. The monoisotopic (exact) mass is 395 g/mol. The lowest BCUT2D eigenvalue weighted by molar-refractivity contribution is -0.120. The topological polar surface area (TPSA) is 87.2 Å². The lowest BCUT2D eigenvalue weighted by atomic mass is 10.0. The standard InChI is InChI=1S/C19H30FN5O3/c1-21-19(24-14-18(26)22-7-10-27-2)23-13-17(25-8-11-28-12-9-25)15-3-5-16(20)6-4-15/h3-6,17H,7-14H2,1-2H3,(H,22,26)(H2,21,23,24). The predicted molar refractivity (Wildman–Crippen MR) is 106 cm³/mol. The van der Waals surface area contributed by atoms with Crippen LogP contribution in [0.4, 0.5) is 4.39 Å². The van der Waals surface area contributed by atoms with Crippen LogP contribution in [0.3, 0.4) is 0 Å². The molecular formula is C19H30FN5O3. The molecule has 0 aromatic heterocycles. The van der Waals surface area contributed by atoms with Gasteiger partial charge in [0.25, 0.3) is 0 Å². The quantitative estimate of drug-likeness (QED) is 0.313. The largest absolute Gasteiger partial charge is 0.383 e. The van der Waals surface area contributed by atoms with E-state index in [9.17, 15) is 9.18 Å². The highest BCUT2D eigenvalue weighted by molar-refractivity contribution is 5.86. The highest BCUT2D eigenvalue weighted by Crippen LogP contribution is 2.21. The Morgan fingerprint density at radius 1 is 1.25 bits per heavy atom. The molecule has 1 heterocycles. The number of nitrogens with one attached hydrogen (secondary N) is 3. The average Bonchev–Trinajstić information content (AvgIpc) is 2.72. The van der Waals surface area contributed by atoms with Gasteiger partial charge in [0, 0.05) is 40.3 Å². The third-order valence-corrected chi connectivity index (χ3v) is 4.47. The van der Waals surface area contributed by atoms with E-state index < -0.39 is 0 Å². The smallest absolute Gasteiger partial charge is 0.239 e. The summed E-state index contributed by atoms with van der Waals surface area (Å²) in [6, 6.07) is 6.59. The number of methoxy groups -OCH3 is 1. The molecule has 1 unspecified atom stereocenters. The number of amides is 1. The summed E-state index contributed by atoms with van der Waals surface area (Å²) in [6.45, 7) is 4.57. The summed E-state index contributed by atoms with van der Waals surface area (Å²) >= 11 is 0. The van der Waals surface area contributed by atoms with E-state index in [1.54, 1.807) is 26.3 Å². The zero-order valence-corrected chi connectivity index (χ0v) is 16.5. The SMILES string of the molecule is CN=C(NCC(=O)NCCOC)NCC(c1ccc(F)cc1)N1CCOCC1. The summed E-state index contributed by atoms with van der Waals surface area (Å²) in [5.41, 5.74) is 1.02. The molecule has 1 aromatic rings. The Morgan fingerprint density at radius 2 is 1.96 bits per heavy atom. The molecule has 0 spiro atoms. The number of halogens is 1. The third kappa shape index (κ3) is 7.41. The van der Waals surface area contributed by atoms with Gasteiger partial charge in [-0.3, -0.25) is 14.7 Å². The summed E-state index contributed by atoms with van der Waals surface area (Å²) in [5, 5.41) is 9.00. The Balaban J connectivity index is 1.91. The molecule has 1 atom stereocenters. The van der Waals surface area contributed by atoms with E-state index in [-0.39, 0.29) is 24.3 Å². The lowest BCUT2D eigenvalue weighted by Crippen LogP contribution is -2.48. The molecule has 3 N–H and O–H groups in total. The van der Waals surface area contributed by atoms with Crippen molar-refractivity contribution in [3.05, 3.63) is 35.6 Å². The molecule has 0 radical (unpaired) electrons. The maximum Gasteiger partial charge on any atom is 0.239 e. The number of carbonyl (C=O) groups excluding carboxylic acids is 1. The number of ether oxygens (including phenoxy) is 2. The molecule has 1 aromatic carbocycles. The van der Waals surface area contributed by atoms with Crippen LogP contribution >= 0.6 is 0 Å². The molecule has 1 saturated heterocycles. The van der Waals surface area contributed by atoms with Crippen LogP contribution in [0.15, 0.2) is 29.3 Å². The van der Waals surface area contributed by atoms with Gasteiger partial charge in [0.15, 0.2) is 5.96 Å². The number of hydrogen-bond acceptors (Lipinski definition) is 5. The first-order chi connectivity index (χ1) is 13.6. The van der Waals surface area contributed by atoms with Crippen molar-refractivity contribution in [1.29, 1.82) is 0 Å². The maximum atomic E-state index is 13.3. The zero-order chi connectivity index (χ0) is 20.2. The molecule has 2 rings (SSSR count). The van der Waals surface area contributed by atoms with Crippen LogP contribution in [0.1, 0.15) is 11.6 Å². The van der Waals surface area contributed by atoms with E-state index in [1.165, 1.54) is 12.1 Å². The second kappa shape index (κ2) is 12.3. The number of nitrogens with zero attached hydrogens (tertiary/aromatic N) is 2. The minimum absolute atomic E-state index is 0.0404. The van der Waals surface area contributed by atoms with Crippen molar-refractivity contribution in [3.8, 4) is 0 Å². The van der Waals surface area contributed by atoms with E-state index in [0.717, 1.165) is 18.7 Å². The summed E-state index contributed by atoms with van der Waals surface area (Å²) in [6.07, 6.45) is 0. The molecule has 1 fully saturated rings. The number of carbonyl (C=O) groups is 1. The average molecular weight is 395 g/mol. The fraction of sp³-hybridized carbons (Fsp3) is 0.579. The first-order valence-electron chi connectivity index (χ1n) is 9.41. The van der Waals surface area contributed by atoms with Crippen LogP contribution in [-0.4, -0.2) is 83.5 Å². The zero-order valence-electron chi connectivity index (χ0n) is 16.5. The Morgan fingerprint density at radius 3 is 2.61 bits per heavy atom. The lowest BCUT2D eigenvalue weighted by Gasteiger charge is -2.35. The van der Waals surface area contributed by atoms with Crippen LogP contribution < -0.4 is 16.0 Å². The van der Waals surface area contributed by atoms with Crippen LogP contribution in [0.5, 0.6) is 0 Å². The van der Waals surface area contributed by atoms with Gasteiger partial charge in [-0.1, -0.05) is 12.1 Å². The van der Waals surface area contributed by atoms with Crippen LogP contribution in [0.25, 0.3) is 0 Å². The summed E-state index contributed by atoms with van der Waals surface area (Å²) in [5.74, 6) is 0.139. The highest BCUT2D eigenvalue weighted by atomic mass is 19.1. The summed E-state index contributed by atoms with van der Waals surface area (Å²) < 4.78 is 23.7. The highest BCUT2D eigenvalue weighted by Gasteiger charge is 2.23. The van der Waals surface area contributed by atoms with Gasteiger partial charge in [0.05, 0.1) is 32.4 Å². The molecule has 28 heavy (non-hydrogen) atoms. The Bertz CT molecular complexity index is 621. The number of morpholine rings is 1. The number of hydrogen-bond donors (Lipinski definition) is 3. The predicted octanol–water partition coefficient (Wildman–Crippen LogP) is 0.127. The van der Waals surface area contributed by atoms with Gasteiger partial charge >= 0.3 is 0 Å². The van der Waals surface area contributed by atoms with Crippen molar-refractivity contribution in [2.45, 2.75) is 6.04 Å². The second-order valence-corrected chi connectivity index (χ2v) is 6.37. The third-order valence-electron chi connectivity index (χ3n) is 4.47. The molecule has 0 aliphatic carbocycles. The van der Waals surface area contributed by atoms with Crippen LogP contribution in [-0.2, 0) is 14.3 Å². The van der Waals surface area contributed by atoms with Crippen molar-refractivity contribution in [1.82, 2.24) is 20.9 Å². The number of rotatable bonds is 9. The fourth-order valence-corrected chi connectivity index (χ4v) is 2.96. The van der Waals surface area contributed by atoms with Crippen molar-refractivity contribution in [3.63, 3.8) is 0 Å². The van der Waals surface area contributed by atoms with Crippen LogP contribution in [0.2, 0.25) is 0 Å². The Kier molecular flexibility index (Phi) is 9.67. The van der Waals surface area contributed by atoms with E-state index in [1.807, 2.05) is 0 Å². The van der Waals surface area contributed by atoms with E-state index in [0.29, 0.717) is 38.9 Å². The number of benzene rings is 1. The molecule has 0 saturated carbocycles. The Labute approximate surface area is 165 Å². The van der Waals surface area contributed by atoms with E-state index >= 15 is 0 Å². The van der Waals surface area contributed by atoms with Crippen molar-refractivity contribution in [2.24, 2.45) is 4.99 Å². The van der Waals surface area contributed by atoms with Gasteiger partial charge in [-0.05, 0) is 17.7 Å². The van der Waals surface area contributed by atoms with Crippen molar-refractivity contribution < 1.29 is 18.7 Å². The van der Waals surface area contributed by atoms with Gasteiger partial charge in [-0.25, -0.2) is 4.39 Å². The summed E-state index contributed by atoms with van der Waals surface area (Å²) in [4.78, 5) is 18.3. The first kappa shape index (κ1) is 22.1. The molecule has 156 valence electrons. The molecular weight excluding hydrogens is 365 g/mol. The van der Waals surface area contributed by atoms with Gasteiger partial charge in [0.1, 0.15) is 5.82 Å². The van der Waals surface area contributed by atoms with Gasteiger partial charge in [0.2, 0.25) is 5.91 Å². The van der Waals surface area contributed by atoms with Crippen molar-refractivity contribution in [2.75, 3.05) is 66.7 Å².